The van der Waals surface area contributed by atoms with E-state index >= 15 is 0 Å². The van der Waals surface area contributed by atoms with Crippen LogP contribution in [0.25, 0.3) is 0 Å². The Balaban J connectivity index is 2.25. The third-order valence-corrected chi connectivity index (χ3v) is 3.18. The van der Waals surface area contributed by atoms with Crippen molar-refractivity contribution in [3.8, 4) is 11.5 Å². The summed E-state index contributed by atoms with van der Waals surface area (Å²) in [6.45, 7) is 4.82. The molecular weight excluding hydrogens is 244 g/mol. The van der Waals surface area contributed by atoms with Gasteiger partial charge in [0.05, 0.1) is 18.0 Å². The molecule has 2 rings (SSSR count). The second-order valence-electron chi connectivity index (χ2n) is 4.62. The number of anilines is 2. The number of ether oxygens (including phenoxy) is 2. The molecule has 0 saturated heterocycles. The van der Waals surface area contributed by atoms with Gasteiger partial charge in [-0.05, 0) is 6.42 Å². The fourth-order valence-corrected chi connectivity index (χ4v) is 2.19. The quantitative estimate of drug-likeness (QED) is 0.766. The second kappa shape index (κ2) is 6.52. The Morgan fingerprint density at radius 3 is 2.53 bits per heavy atom. The highest BCUT2D eigenvalue weighted by molar-refractivity contribution is 5.73. The van der Waals surface area contributed by atoms with Crippen molar-refractivity contribution in [2.75, 3.05) is 43.5 Å². The van der Waals surface area contributed by atoms with Crippen LogP contribution >= 0.6 is 0 Å². The van der Waals surface area contributed by atoms with E-state index < -0.39 is 0 Å². The first-order chi connectivity index (χ1) is 9.26. The first kappa shape index (κ1) is 13.8. The van der Waals surface area contributed by atoms with Gasteiger partial charge in [0.1, 0.15) is 13.2 Å². The van der Waals surface area contributed by atoms with Crippen LogP contribution in [0.3, 0.4) is 0 Å². The van der Waals surface area contributed by atoms with Crippen LogP contribution in [0.4, 0.5) is 11.4 Å². The van der Waals surface area contributed by atoms with Crippen LogP contribution in [-0.4, -0.2) is 38.0 Å². The van der Waals surface area contributed by atoms with Crippen molar-refractivity contribution < 1.29 is 14.6 Å². The van der Waals surface area contributed by atoms with Gasteiger partial charge < -0.3 is 25.2 Å². The van der Waals surface area contributed by atoms with E-state index in [1.54, 1.807) is 6.07 Å². The van der Waals surface area contributed by atoms with Gasteiger partial charge in [-0.2, -0.15) is 0 Å². The summed E-state index contributed by atoms with van der Waals surface area (Å²) in [7, 11) is 0. The minimum Gasteiger partial charge on any atom is -0.486 e. The normalized spacial score (nSPS) is 13.4. The van der Waals surface area contributed by atoms with Crippen molar-refractivity contribution in [1.29, 1.82) is 0 Å². The minimum atomic E-state index is 0.109. The lowest BCUT2D eigenvalue weighted by Crippen LogP contribution is -2.29. The number of nitrogens with zero attached hydrogens (tertiary/aromatic N) is 1. The van der Waals surface area contributed by atoms with Crippen LogP contribution in [0.5, 0.6) is 11.5 Å². The standard InChI is InChI=1S/C14H22N2O3/c1-2-3-4-16(5-6-17)12-10-14-13(9-11(12)15)18-7-8-19-14/h9-10,17H,2-8,15H2,1H3. The number of rotatable bonds is 6. The highest BCUT2D eigenvalue weighted by atomic mass is 16.6. The molecule has 1 aromatic rings. The zero-order valence-electron chi connectivity index (χ0n) is 11.4. The predicted molar refractivity (Wildman–Crippen MR) is 76.1 cm³/mol. The Bertz CT molecular complexity index is 423. The molecule has 0 spiro atoms. The van der Waals surface area contributed by atoms with E-state index in [9.17, 15) is 5.11 Å². The number of hydrogen-bond acceptors (Lipinski definition) is 5. The van der Waals surface area contributed by atoms with Crippen LogP contribution in [0, 0.1) is 0 Å². The number of nitrogen functional groups attached to an aromatic ring is 1. The Morgan fingerprint density at radius 2 is 1.89 bits per heavy atom. The van der Waals surface area contributed by atoms with Crippen LogP contribution < -0.4 is 20.1 Å². The van der Waals surface area contributed by atoms with E-state index in [1.807, 2.05) is 6.07 Å². The number of aliphatic hydroxyl groups excluding tert-OH is 1. The number of benzene rings is 1. The van der Waals surface area contributed by atoms with Gasteiger partial charge in [-0.15, -0.1) is 0 Å². The molecule has 0 radical (unpaired) electrons. The topological polar surface area (TPSA) is 68.0 Å². The zero-order valence-corrected chi connectivity index (χ0v) is 11.4. The molecular formula is C14H22N2O3. The molecule has 0 unspecified atom stereocenters. The van der Waals surface area contributed by atoms with Gasteiger partial charge in [0.25, 0.3) is 0 Å². The summed E-state index contributed by atoms with van der Waals surface area (Å²) in [6.07, 6.45) is 2.17. The fraction of sp³-hybridized carbons (Fsp3) is 0.571. The molecule has 0 amide bonds. The first-order valence-corrected chi connectivity index (χ1v) is 6.81. The highest BCUT2D eigenvalue weighted by Gasteiger charge is 2.17. The number of nitrogens with two attached hydrogens (primary N) is 1. The van der Waals surface area contributed by atoms with Crippen LogP contribution in [-0.2, 0) is 0 Å². The second-order valence-corrected chi connectivity index (χ2v) is 4.62. The number of aliphatic hydroxyl groups is 1. The summed E-state index contributed by atoms with van der Waals surface area (Å²) < 4.78 is 11.1. The molecule has 1 aliphatic rings. The van der Waals surface area contributed by atoms with E-state index in [-0.39, 0.29) is 6.61 Å². The van der Waals surface area contributed by atoms with E-state index in [2.05, 4.69) is 11.8 Å². The molecule has 19 heavy (non-hydrogen) atoms. The molecule has 0 saturated carbocycles. The average molecular weight is 266 g/mol. The lowest BCUT2D eigenvalue weighted by atomic mass is 10.2. The lowest BCUT2D eigenvalue weighted by molar-refractivity contribution is 0.172. The van der Waals surface area contributed by atoms with Crippen molar-refractivity contribution in [3.63, 3.8) is 0 Å². The van der Waals surface area contributed by atoms with Gasteiger partial charge >= 0.3 is 0 Å². The maximum absolute atomic E-state index is 9.19. The molecule has 3 N–H and O–H groups in total. The summed E-state index contributed by atoms with van der Waals surface area (Å²) in [4.78, 5) is 2.09. The van der Waals surface area contributed by atoms with Crippen molar-refractivity contribution in [3.05, 3.63) is 12.1 Å². The SMILES string of the molecule is CCCCN(CCO)c1cc2c(cc1N)OCCO2. The number of hydrogen-bond donors (Lipinski definition) is 2. The molecule has 0 fully saturated rings. The van der Waals surface area contributed by atoms with Gasteiger partial charge in [-0.25, -0.2) is 0 Å². The molecule has 0 atom stereocenters. The molecule has 0 aromatic heterocycles. The minimum absolute atomic E-state index is 0.109. The predicted octanol–water partition coefficient (Wildman–Crippen LogP) is 1.64. The Morgan fingerprint density at radius 1 is 1.21 bits per heavy atom. The summed E-state index contributed by atoms with van der Waals surface area (Å²) in [5.41, 5.74) is 7.66. The van der Waals surface area contributed by atoms with Crippen LogP contribution in [0.15, 0.2) is 12.1 Å². The molecule has 0 aliphatic carbocycles. The summed E-state index contributed by atoms with van der Waals surface area (Å²) in [5, 5.41) is 9.19. The van der Waals surface area contributed by atoms with E-state index in [0.29, 0.717) is 31.2 Å². The third kappa shape index (κ3) is 3.23. The Hall–Kier alpha value is -1.62. The fourth-order valence-electron chi connectivity index (χ4n) is 2.19. The van der Waals surface area contributed by atoms with Gasteiger partial charge in [-0.1, -0.05) is 13.3 Å². The maximum Gasteiger partial charge on any atom is 0.163 e. The van der Waals surface area contributed by atoms with Gasteiger partial charge in [-0.3, -0.25) is 0 Å². The van der Waals surface area contributed by atoms with E-state index in [4.69, 9.17) is 15.2 Å². The van der Waals surface area contributed by atoms with E-state index in [0.717, 1.165) is 30.8 Å². The van der Waals surface area contributed by atoms with Crippen LogP contribution in [0.1, 0.15) is 19.8 Å². The van der Waals surface area contributed by atoms with Crippen LogP contribution in [0.2, 0.25) is 0 Å². The number of unbranched alkanes of at least 4 members (excludes halogenated alkanes) is 1. The summed E-state index contributed by atoms with van der Waals surface area (Å²) >= 11 is 0. The third-order valence-electron chi connectivity index (χ3n) is 3.18. The van der Waals surface area contributed by atoms with Crippen molar-refractivity contribution in [2.45, 2.75) is 19.8 Å². The highest BCUT2D eigenvalue weighted by Crippen LogP contribution is 2.38. The van der Waals surface area contributed by atoms with E-state index in [1.165, 1.54) is 0 Å². The summed E-state index contributed by atoms with van der Waals surface area (Å²) in [6, 6.07) is 3.72. The number of fused-ring (bicyclic) bond motifs is 1. The van der Waals surface area contributed by atoms with Crippen molar-refractivity contribution in [2.24, 2.45) is 0 Å². The molecule has 0 bridgehead atoms. The molecule has 5 heteroatoms. The van der Waals surface area contributed by atoms with Crippen molar-refractivity contribution >= 4 is 11.4 Å². The Labute approximate surface area is 113 Å². The zero-order chi connectivity index (χ0) is 13.7. The maximum atomic E-state index is 9.19. The molecule has 5 nitrogen and oxygen atoms in total. The molecule has 106 valence electrons. The van der Waals surface area contributed by atoms with Crippen molar-refractivity contribution in [1.82, 2.24) is 0 Å². The lowest BCUT2D eigenvalue weighted by Gasteiger charge is -2.27. The Kier molecular flexibility index (Phi) is 4.74. The summed E-state index contributed by atoms with van der Waals surface area (Å²) in [5.74, 6) is 1.43. The van der Waals surface area contributed by atoms with Gasteiger partial charge in [0.15, 0.2) is 11.5 Å². The molecule has 1 heterocycles. The molecule has 1 aliphatic heterocycles. The average Bonchev–Trinajstić information content (AvgIpc) is 2.43. The molecule has 1 aromatic carbocycles. The van der Waals surface area contributed by atoms with Gasteiger partial charge in [0, 0.05) is 25.2 Å². The first-order valence-electron chi connectivity index (χ1n) is 6.81. The smallest absolute Gasteiger partial charge is 0.163 e. The van der Waals surface area contributed by atoms with Gasteiger partial charge in [0.2, 0.25) is 0 Å². The monoisotopic (exact) mass is 266 g/mol. The largest absolute Gasteiger partial charge is 0.486 e.